The molecule has 8 nitrogen and oxygen atoms in total. The van der Waals surface area contributed by atoms with Crippen molar-refractivity contribution in [3.05, 3.63) is 72.0 Å². The summed E-state index contributed by atoms with van der Waals surface area (Å²) in [4.78, 5) is 17.8. The van der Waals surface area contributed by atoms with Crippen molar-refractivity contribution in [1.29, 1.82) is 0 Å². The molecular formula is C27H32FN3O5S. The van der Waals surface area contributed by atoms with Crippen molar-refractivity contribution in [2.45, 2.75) is 42.0 Å². The molecule has 10 heteroatoms. The molecule has 3 aromatic rings. The summed E-state index contributed by atoms with van der Waals surface area (Å²) in [6.07, 6.45) is 2.58. The Morgan fingerprint density at radius 3 is 2.62 bits per heavy atom. The van der Waals surface area contributed by atoms with Crippen molar-refractivity contribution in [2.24, 2.45) is 0 Å². The van der Waals surface area contributed by atoms with Crippen molar-refractivity contribution in [3.63, 3.8) is 0 Å². The summed E-state index contributed by atoms with van der Waals surface area (Å²) in [6, 6.07) is 15.8. The number of amides is 1. The average Bonchev–Trinajstić information content (AvgIpc) is 3.58. The molecule has 37 heavy (non-hydrogen) atoms. The van der Waals surface area contributed by atoms with Gasteiger partial charge < -0.3 is 15.2 Å². The molecule has 1 aromatic heterocycles. The number of methoxy groups -OCH3 is 1. The molecule has 1 atom stereocenters. The molecule has 0 spiro atoms. The highest BCUT2D eigenvalue weighted by Crippen LogP contribution is 2.49. The predicted molar refractivity (Wildman–Crippen MR) is 140 cm³/mol. The van der Waals surface area contributed by atoms with Crippen LogP contribution < -0.4 is 10.1 Å². The molecule has 2 aromatic carbocycles. The zero-order chi connectivity index (χ0) is 26.2. The third-order valence-corrected chi connectivity index (χ3v) is 9.14. The Labute approximate surface area is 218 Å². The van der Waals surface area contributed by atoms with Crippen molar-refractivity contribution in [1.82, 2.24) is 9.29 Å². The number of aromatic nitrogens is 1. The molecule has 5 rings (SSSR count). The molecule has 0 radical (unpaired) electrons. The molecule has 0 bridgehead atoms. The van der Waals surface area contributed by atoms with E-state index in [1.54, 1.807) is 36.4 Å². The largest absolute Gasteiger partial charge is 0.494 e. The van der Waals surface area contributed by atoms with Crippen LogP contribution in [0.25, 0.3) is 11.3 Å². The Balaban J connectivity index is 0.00000210. The van der Waals surface area contributed by atoms with E-state index in [-0.39, 0.29) is 26.0 Å². The first-order valence-electron chi connectivity index (χ1n) is 12.1. The van der Waals surface area contributed by atoms with Gasteiger partial charge in [-0.25, -0.2) is 17.8 Å². The van der Waals surface area contributed by atoms with Crippen LogP contribution in [0.3, 0.4) is 0 Å². The average molecular weight is 530 g/mol. The molecule has 2 N–H and O–H groups in total. The van der Waals surface area contributed by atoms with Crippen LogP contribution in [0.2, 0.25) is 0 Å². The molecular weight excluding hydrogens is 497 g/mol. The zero-order valence-electron chi connectivity index (χ0n) is 20.4. The standard InChI is InChI=1S/C27H28FN3O5S.2H2/c1-36-24-12-9-19(16-22(24)28)27(13-14-27)26(33)30-25-6-2-5-23(29-25)18-7-10-21(11-8-18)37(34,35)31-15-3-4-20(31)17-32;;/h2,5-12,16,20,32H,3-4,13-15,17H2,1H3,(H,29,30,33);2*1H/t20-;;/m1../s1. The van der Waals surface area contributed by atoms with E-state index < -0.39 is 27.3 Å². The molecule has 2 aliphatic rings. The summed E-state index contributed by atoms with van der Waals surface area (Å²) < 4.78 is 46.6. The Morgan fingerprint density at radius 1 is 1.22 bits per heavy atom. The Hall–Kier alpha value is -3.34. The fraction of sp³-hybridized carbons (Fsp3) is 0.333. The van der Waals surface area contributed by atoms with Gasteiger partial charge in [0.05, 0.1) is 29.7 Å². The van der Waals surface area contributed by atoms with Crippen molar-refractivity contribution in [2.75, 3.05) is 25.6 Å². The Morgan fingerprint density at radius 2 is 1.97 bits per heavy atom. The maximum Gasteiger partial charge on any atom is 0.243 e. The highest BCUT2D eigenvalue weighted by atomic mass is 32.2. The first-order chi connectivity index (χ1) is 17.8. The molecule has 1 saturated carbocycles. The number of benzene rings is 2. The van der Waals surface area contributed by atoms with E-state index in [9.17, 15) is 22.7 Å². The fourth-order valence-electron chi connectivity index (χ4n) is 4.88. The van der Waals surface area contributed by atoms with Crippen molar-refractivity contribution < 1.29 is 30.3 Å². The molecule has 1 amide bonds. The Kier molecular flexibility index (Phi) is 6.74. The number of nitrogens with zero attached hydrogens (tertiary/aromatic N) is 2. The summed E-state index contributed by atoms with van der Waals surface area (Å²) in [7, 11) is -2.31. The van der Waals surface area contributed by atoms with Gasteiger partial charge in [-0.3, -0.25) is 4.79 Å². The zero-order valence-corrected chi connectivity index (χ0v) is 21.2. The number of carbonyl (C=O) groups is 1. The third-order valence-electron chi connectivity index (χ3n) is 7.17. The lowest BCUT2D eigenvalue weighted by atomic mass is 9.94. The number of rotatable bonds is 8. The van der Waals surface area contributed by atoms with Gasteiger partial charge in [0, 0.05) is 21.0 Å². The van der Waals surface area contributed by atoms with E-state index in [4.69, 9.17) is 4.74 Å². The number of carbonyl (C=O) groups excluding carboxylic acids is 1. The van der Waals surface area contributed by atoms with E-state index in [2.05, 4.69) is 10.3 Å². The van der Waals surface area contributed by atoms with Crippen molar-refractivity contribution in [3.8, 4) is 17.0 Å². The van der Waals surface area contributed by atoms with Gasteiger partial charge in [-0.05, 0) is 67.6 Å². The van der Waals surface area contributed by atoms with E-state index in [1.807, 2.05) is 0 Å². The summed E-state index contributed by atoms with van der Waals surface area (Å²) in [5.41, 5.74) is 1.05. The molecule has 1 aliphatic carbocycles. The SMILES string of the molecule is COc1ccc(C2(C(=O)Nc3cccc(-c4ccc(S(=O)(=O)N5CCC[C@@H]5CO)cc4)n3)CC2)cc1F.[HH].[HH]. The van der Waals surface area contributed by atoms with Crippen LogP contribution in [0.4, 0.5) is 10.2 Å². The topological polar surface area (TPSA) is 109 Å². The lowest BCUT2D eigenvalue weighted by molar-refractivity contribution is -0.118. The lowest BCUT2D eigenvalue weighted by Gasteiger charge is -2.22. The second-order valence-corrected chi connectivity index (χ2v) is 11.3. The highest BCUT2D eigenvalue weighted by Gasteiger charge is 2.51. The minimum Gasteiger partial charge on any atom is -0.494 e. The van der Waals surface area contributed by atoms with Gasteiger partial charge in [0.25, 0.3) is 0 Å². The molecule has 1 saturated heterocycles. The molecule has 1 aliphatic heterocycles. The second-order valence-electron chi connectivity index (χ2n) is 9.41. The van der Waals surface area contributed by atoms with Crippen LogP contribution in [0.15, 0.2) is 65.6 Å². The molecule has 0 unspecified atom stereocenters. The third kappa shape index (κ3) is 4.72. The van der Waals surface area contributed by atoms with Gasteiger partial charge in [-0.15, -0.1) is 0 Å². The highest BCUT2D eigenvalue weighted by molar-refractivity contribution is 7.89. The van der Waals surface area contributed by atoms with E-state index in [1.165, 1.54) is 35.7 Å². The smallest absolute Gasteiger partial charge is 0.243 e. The first kappa shape index (κ1) is 25.3. The molecule has 198 valence electrons. The van der Waals surface area contributed by atoms with Crippen LogP contribution >= 0.6 is 0 Å². The molecule has 2 fully saturated rings. The van der Waals surface area contributed by atoms with Gasteiger partial charge in [0.1, 0.15) is 5.82 Å². The monoisotopic (exact) mass is 529 g/mol. The number of ether oxygens (including phenoxy) is 1. The van der Waals surface area contributed by atoms with Crippen molar-refractivity contribution >= 4 is 21.7 Å². The summed E-state index contributed by atoms with van der Waals surface area (Å²) in [6.45, 7) is 0.192. The number of aliphatic hydroxyl groups excluding tert-OH is 1. The second kappa shape index (κ2) is 9.85. The van der Waals surface area contributed by atoms with Crippen LogP contribution in [0.1, 0.15) is 34.1 Å². The lowest BCUT2D eigenvalue weighted by Crippen LogP contribution is -2.37. The minimum atomic E-state index is -3.71. The predicted octanol–water partition coefficient (Wildman–Crippen LogP) is 4.20. The van der Waals surface area contributed by atoms with E-state index >= 15 is 0 Å². The number of sulfonamides is 1. The van der Waals surface area contributed by atoms with Crippen LogP contribution in [0.5, 0.6) is 5.75 Å². The van der Waals surface area contributed by atoms with Crippen LogP contribution in [0, 0.1) is 5.82 Å². The number of hydrogen-bond acceptors (Lipinski definition) is 6. The summed E-state index contributed by atoms with van der Waals surface area (Å²) >= 11 is 0. The summed E-state index contributed by atoms with van der Waals surface area (Å²) in [5, 5.41) is 12.4. The van der Waals surface area contributed by atoms with Gasteiger partial charge in [0.15, 0.2) is 11.6 Å². The maximum atomic E-state index is 14.2. The number of hydrogen-bond donors (Lipinski definition) is 2. The van der Waals surface area contributed by atoms with Crippen LogP contribution in [-0.4, -0.2) is 55.0 Å². The maximum absolute atomic E-state index is 14.2. The van der Waals surface area contributed by atoms with Crippen LogP contribution in [-0.2, 0) is 20.2 Å². The minimum absolute atomic E-state index is 0. The fourth-order valence-corrected chi connectivity index (χ4v) is 6.56. The van der Waals surface area contributed by atoms with Gasteiger partial charge in [0.2, 0.25) is 15.9 Å². The van der Waals surface area contributed by atoms with E-state index in [0.29, 0.717) is 48.4 Å². The quantitative estimate of drug-likeness (QED) is 0.453. The molecule has 2 heterocycles. The van der Waals surface area contributed by atoms with Gasteiger partial charge >= 0.3 is 0 Å². The van der Waals surface area contributed by atoms with Gasteiger partial charge in [-0.2, -0.15) is 4.31 Å². The van der Waals surface area contributed by atoms with E-state index in [0.717, 1.165) is 6.42 Å². The van der Waals surface area contributed by atoms with Gasteiger partial charge in [-0.1, -0.05) is 24.3 Å². The Bertz CT molecular complexity index is 1440. The number of nitrogens with one attached hydrogen (secondary N) is 1. The summed E-state index contributed by atoms with van der Waals surface area (Å²) in [5.74, 6) is -0.294. The normalized spacial score (nSPS) is 18.9. The number of aliphatic hydroxyl groups is 1. The number of anilines is 1. The number of pyridine rings is 1. The first-order valence-corrected chi connectivity index (χ1v) is 13.6. The number of halogens is 1.